The molecule has 0 atom stereocenters. The van der Waals surface area contributed by atoms with Crippen molar-refractivity contribution < 1.29 is 13.6 Å². The summed E-state index contributed by atoms with van der Waals surface area (Å²) in [4.78, 5) is 12.4. The Morgan fingerprint density at radius 2 is 2.00 bits per heavy atom. The van der Waals surface area contributed by atoms with Gasteiger partial charge in [0.25, 0.3) is 11.6 Å². The third-order valence-corrected chi connectivity index (χ3v) is 4.91. The molecule has 1 aliphatic rings. The first-order valence-electron chi connectivity index (χ1n) is 7.82. The molecule has 0 aliphatic heterocycles. The molecule has 3 N–H and O–H groups in total. The first-order chi connectivity index (χ1) is 11.2. The Hall–Kier alpha value is -2.15. The lowest BCUT2D eigenvalue weighted by Gasteiger charge is -2.21. The van der Waals surface area contributed by atoms with Gasteiger partial charge in [-0.15, -0.1) is 0 Å². The van der Waals surface area contributed by atoms with E-state index in [0.29, 0.717) is 10.7 Å². The molecular weight excluding hydrogens is 312 g/mol. The van der Waals surface area contributed by atoms with Gasteiger partial charge in [-0.25, -0.2) is 0 Å². The van der Waals surface area contributed by atoms with Crippen molar-refractivity contribution in [2.24, 2.45) is 0 Å². The lowest BCUT2D eigenvalue weighted by Crippen LogP contribution is -2.38. The molecule has 1 aromatic carbocycles. The van der Waals surface area contributed by atoms with Gasteiger partial charge in [-0.1, -0.05) is 19.3 Å². The minimum absolute atomic E-state index is 0.182. The smallest absolute Gasteiger partial charge is 0.279 e. The van der Waals surface area contributed by atoms with Crippen LogP contribution in [0.15, 0.2) is 24.3 Å². The molecule has 0 radical (unpaired) electrons. The van der Waals surface area contributed by atoms with E-state index < -0.39 is 0 Å². The van der Waals surface area contributed by atoms with Crippen LogP contribution in [0, 0.1) is 0 Å². The molecule has 122 valence electrons. The van der Waals surface area contributed by atoms with E-state index in [0.717, 1.165) is 24.3 Å². The monoisotopic (exact) mass is 333 g/mol. The summed E-state index contributed by atoms with van der Waals surface area (Å²) in [5, 5.41) is 7.83. The SMILES string of the molecule is COc1ccc(-[n+]2nc(C(=O)NC3CCCCC3)c(N)s2)cc1. The number of nitrogen functional groups attached to an aromatic ring is 1. The van der Waals surface area contributed by atoms with Crippen molar-refractivity contribution in [1.29, 1.82) is 0 Å². The number of rotatable bonds is 4. The van der Waals surface area contributed by atoms with Crippen molar-refractivity contribution in [3.63, 3.8) is 0 Å². The molecule has 1 fully saturated rings. The number of benzene rings is 1. The normalized spacial score (nSPS) is 15.3. The van der Waals surface area contributed by atoms with Crippen LogP contribution in [0.2, 0.25) is 0 Å². The third-order valence-electron chi connectivity index (χ3n) is 4.06. The maximum atomic E-state index is 12.4. The van der Waals surface area contributed by atoms with Gasteiger partial charge in [0.15, 0.2) is 16.5 Å². The molecule has 1 amide bonds. The zero-order valence-electron chi connectivity index (χ0n) is 13.1. The van der Waals surface area contributed by atoms with Gasteiger partial charge < -0.3 is 15.8 Å². The number of methoxy groups -OCH3 is 1. The molecule has 7 heteroatoms. The molecule has 0 bridgehead atoms. The van der Waals surface area contributed by atoms with Crippen LogP contribution in [0.4, 0.5) is 5.00 Å². The summed E-state index contributed by atoms with van der Waals surface area (Å²) >= 11 is 1.25. The highest BCUT2D eigenvalue weighted by molar-refractivity contribution is 7.06. The summed E-state index contributed by atoms with van der Waals surface area (Å²) in [5.74, 6) is 0.590. The number of aromatic nitrogens is 2. The maximum absolute atomic E-state index is 12.4. The van der Waals surface area contributed by atoms with Crippen LogP contribution in [0.25, 0.3) is 5.69 Å². The van der Waals surface area contributed by atoms with Crippen molar-refractivity contribution in [3.8, 4) is 11.4 Å². The Morgan fingerprint density at radius 3 is 2.65 bits per heavy atom. The molecule has 23 heavy (non-hydrogen) atoms. The number of anilines is 1. The number of ether oxygens (including phenoxy) is 1. The van der Waals surface area contributed by atoms with Gasteiger partial charge in [0, 0.05) is 27.3 Å². The van der Waals surface area contributed by atoms with Gasteiger partial charge in [-0.3, -0.25) is 4.79 Å². The fraction of sp³-hybridized carbons (Fsp3) is 0.438. The Balaban J connectivity index is 1.75. The molecule has 2 aromatic rings. The Kier molecular flexibility index (Phi) is 4.76. The lowest BCUT2D eigenvalue weighted by atomic mass is 9.95. The van der Waals surface area contributed by atoms with Crippen molar-refractivity contribution in [3.05, 3.63) is 30.0 Å². The molecule has 0 saturated heterocycles. The van der Waals surface area contributed by atoms with Crippen molar-refractivity contribution >= 4 is 22.4 Å². The summed E-state index contributed by atoms with van der Waals surface area (Å²) in [6.45, 7) is 0. The number of amides is 1. The molecule has 1 saturated carbocycles. The van der Waals surface area contributed by atoms with Gasteiger partial charge in [0.2, 0.25) is 5.69 Å². The molecule has 0 spiro atoms. The van der Waals surface area contributed by atoms with Gasteiger partial charge in [0.05, 0.1) is 7.11 Å². The van der Waals surface area contributed by atoms with E-state index >= 15 is 0 Å². The van der Waals surface area contributed by atoms with Crippen molar-refractivity contribution in [1.82, 2.24) is 10.4 Å². The third kappa shape index (κ3) is 3.61. The summed E-state index contributed by atoms with van der Waals surface area (Å²) in [6.07, 6.45) is 5.66. The molecule has 1 heterocycles. The van der Waals surface area contributed by atoms with Gasteiger partial charge in [0.1, 0.15) is 5.75 Å². The van der Waals surface area contributed by atoms with E-state index in [-0.39, 0.29) is 11.9 Å². The quantitative estimate of drug-likeness (QED) is 0.839. The van der Waals surface area contributed by atoms with Crippen LogP contribution in [0.1, 0.15) is 42.6 Å². The van der Waals surface area contributed by atoms with E-state index in [1.165, 1.54) is 30.8 Å². The number of nitrogens with two attached hydrogens (primary N) is 1. The summed E-state index contributed by atoms with van der Waals surface area (Å²) in [7, 11) is 1.62. The molecule has 0 unspecified atom stereocenters. The molecule has 1 aliphatic carbocycles. The van der Waals surface area contributed by atoms with Crippen LogP contribution in [-0.4, -0.2) is 24.2 Å². The van der Waals surface area contributed by atoms with E-state index in [9.17, 15) is 4.79 Å². The van der Waals surface area contributed by atoms with Crippen LogP contribution in [-0.2, 0) is 0 Å². The standard InChI is InChI=1S/C16H20N4O2S/c1-22-13-9-7-12(8-10-13)20-19-14(15(17)23-20)16(21)18-11-5-3-2-4-6-11/h7-11,17H,2-6H2,1H3,(H,18,21)/p+1. The number of carbonyl (C=O) groups excluding carboxylic acids is 1. The lowest BCUT2D eigenvalue weighted by molar-refractivity contribution is -0.588. The first-order valence-corrected chi connectivity index (χ1v) is 8.59. The zero-order valence-corrected chi connectivity index (χ0v) is 13.9. The van der Waals surface area contributed by atoms with Crippen LogP contribution in [0.5, 0.6) is 5.75 Å². The number of nitrogens with one attached hydrogen (secondary N) is 1. The minimum Gasteiger partial charge on any atom is -0.497 e. The Morgan fingerprint density at radius 1 is 1.30 bits per heavy atom. The summed E-state index contributed by atoms with van der Waals surface area (Å²) < 4.78 is 6.80. The predicted octanol–water partition coefficient (Wildman–Crippen LogP) is 2.07. The Bertz CT molecular complexity index is 678. The Labute approximate surface area is 139 Å². The van der Waals surface area contributed by atoms with E-state index in [1.807, 2.05) is 24.3 Å². The second-order valence-corrected chi connectivity index (χ2v) is 6.65. The highest BCUT2D eigenvalue weighted by atomic mass is 32.1. The van der Waals surface area contributed by atoms with Crippen LogP contribution >= 0.6 is 11.5 Å². The van der Waals surface area contributed by atoms with Gasteiger partial charge >= 0.3 is 0 Å². The maximum Gasteiger partial charge on any atom is 0.279 e. The predicted molar refractivity (Wildman–Crippen MR) is 88.9 cm³/mol. The number of hydrogen-bond donors (Lipinski definition) is 2. The molecular formula is C16H21N4O2S+. The van der Waals surface area contributed by atoms with Crippen molar-refractivity contribution in [2.75, 3.05) is 12.8 Å². The average Bonchev–Trinajstić information content (AvgIpc) is 2.98. The number of nitrogens with zero attached hydrogens (tertiary/aromatic N) is 2. The molecule has 6 nitrogen and oxygen atoms in total. The highest BCUT2D eigenvalue weighted by Gasteiger charge is 2.26. The fourth-order valence-corrected chi connectivity index (χ4v) is 3.53. The number of carbonyl (C=O) groups is 1. The largest absolute Gasteiger partial charge is 0.497 e. The molecule has 3 rings (SSSR count). The number of hydrogen-bond acceptors (Lipinski definition) is 5. The summed E-state index contributed by atoms with van der Waals surface area (Å²) in [6, 6.07) is 7.70. The van der Waals surface area contributed by atoms with Gasteiger partial charge in [-0.2, -0.15) is 0 Å². The highest BCUT2D eigenvalue weighted by Crippen LogP contribution is 2.20. The minimum atomic E-state index is -0.182. The second-order valence-electron chi connectivity index (χ2n) is 5.68. The average molecular weight is 333 g/mol. The second kappa shape index (κ2) is 6.95. The molecule has 1 aromatic heterocycles. The van der Waals surface area contributed by atoms with E-state index in [2.05, 4.69) is 10.4 Å². The van der Waals surface area contributed by atoms with Gasteiger partial charge in [-0.05, 0) is 25.0 Å². The van der Waals surface area contributed by atoms with E-state index in [4.69, 9.17) is 10.5 Å². The first kappa shape index (κ1) is 15.7. The zero-order chi connectivity index (χ0) is 16.2. The van der Waals surface area contributed by atoms with Crippen LogP contribution in [0.3, 0.4) is 0 Å². The summed E-state index contributed by atoms with van der Waals surface area (Å²) in [5.41, 5.74) is 7.14. The fourth-order valence-electron chi connectivity index (χ4n) is 2.78. The topological polar surface area (TPSA) is 81.1 Å². The van der Waals surface area contributed by atoms with Crippen molar-refractivity contribution in [2.45, 2.75) is 38.1 Å². The van der Waals surface area contributed by atoms with E-state index in [1.54, 1.807) is 11.2 Å². The van der Waals surface area contributed by atoms with Crippen LogP contribution < -0.4 is 19.9 Å².